The molecule has 0 aliphatic heterocycles. The van der Waals surface area contributed by atoms with E-state index in [9.17, 15) is 0 Å². The highest BCUT2D eigenvalue weighted by atomic mass is 14.8. The van der Waals surface area contributed by atoms with Gasteiger partial charge in [0.25, 0.3) is 0 Å². The molecule has 0 bridgehead atoms. The number of anilines is 1. The molecule has 1 rings (SSSR count). The van der Waals surface area contributed by atoms with E-state index in [4.69, 9.17) is 0 Å². The standard InChI is InChI=1S/C17H27N/c1-6-11-17(5,8-3)15-9-10-16(14(4)13-15)18-12-7-2/h7,9-10,12-13,18H,6,8,11H2,1-5H3/b12-7-. The Morgan fingerprint density at radius 2 is 2.00 bits per heavy atom. The summed E-state index contributed by atoms with van der Waals surface area (Å²) in [5, 5.41) is 3.31. The summed E-state index contributed by atoms with van der Waals surface area (Å²) in [6, 6.07) is 6.82. The van der Waals surface area contributed by atoms with E-state index in [1.807, 2.05) is 19.2 Å². The van der Waals surface area contributed by atoms with Crippen molar-refractivity contribution in [1.82, 2.24) is 0 Å². The molecule has 0 aliphatic carbocycles. The van der Waals surface area contributed by atoms with Gasteiger partial charge in [-0.2, -0.15) is 0 Å². The van der Waals surface area contributed by atoms with Gasteiger partial charge in [0.1, 0.15) is 0 Å². The van der Waals surface area contributed by atoms with E-state index in [2.05, 4.69) is 51.2 Å². The van der Waals surface area contributed by atoms with Crippen LogP contribution in [0.3, 0.4) is 0 Å². The Hall–Kier alpha value is -1.24. The minimum Gasteiger partial charge on any atom is -0.362 e. The first-order valence-corrected chi connectivity index (χ1v) is 7.06. The second-order valence-corrected chi connectivity index (χ2v) is 5.34. The van der Waals surface area contributed by atoms with Gasteiger partial charge in [-0.25, -0.2) is 0 Å². The average Bonchev–Trinajstić information content (AvgIpc) is 2.37. The lowest BCUT2D eigenvalue weighted by atomic mass is 9.76. The lowest BCUT2D eigenvalue weighted by molar-refractivity contribution is 0.413. The summed E-state index contributed by atoms with van der Waals surface area (Å²) in [5.41, 5.74) is 4.31. The van der Waals surface area contributed by atoms with Crippen LogP contribution in [0.25, 0.3) is 0 Å². The van der Waals surface area contributed by atoms with E-state index in [0.717, 1.165) is 0 Å². The summed E-state index contributed by atoms with van der Waals surface area (Å²) in [7, 11) is 0. The quantitative estimate of drug-likeness (QED) is 0.706. The van der Waals surface area contributed by atoms with E-state index in [0.29, 0.717) is 5.41 Å². The van der Waals surface area contributed by atoms with E-state index in [1.54, 1.807) is 0 Å². The lowest BCUT2D eigenvalue weighted by Crippen LogP contribution is -2.20. The molecule has 0 amide bonds. The highest BCUT2D eigenvalue weighted by Crippen LogP contribution is 2.34. The third-order valence-corrected chi connectivity index (χ3v) is 3.91. The largest absolute Gasteiger partial charge is 0.362 e. The molecule has 0 aromatic heterocycles. The first-order valence-electron chi connectivity index (χ1n) is 7.06. The molecule has 0 radical (unpaired) electrons. The summed E-state index contributed by atoms with van der Waals surface area (Å²) in [5.74, 6) is 0. The van der Waals surface area contributed by atoms with Crippen LogP contribution in [0.4, 0.5) is 5.69 Å². The zero-order valence-corrected chi connectivity index (χ0v) is 12.5. The zero-order valence-electron chi connectivity index (χ0n) is 12.5. The van der Waals surface area contributed by atoms with Crippen LogP contribution in [0, 0.1) is 6.92 Å². The molecule has 1 aromatic carbocycles. The molecular formula is C17H27N. The zero-order chi connectivity index (χ0) is 13.6. The monoisotopic (exact) mass is 245 g/mol. The van der Waals surface area contributed by atoms with Crippen molar-refractivity contribution in [1.29, 1.82) is 0 Å². The van der Waals surface area contributed by atoms with Crippen LogP contribution in [0.15, 0.2) is 30.5 Å². The van der Waals surface area contributed by atoms with Gasteiger partial charge in [0.05, 0.1) is 0 Å². The highest BCUT2D eigenvalue weighted by molar-refractivity contribution is 5.54. The molecule has 1 N–H and O–H groups in total. The fraction of sp³-hybridized carbons (Fsp3) is 0.529. The number of hydrogen-bond acceptors (Lipinski definition) is 1. The molecule has 1 unspecified atom stereocenters. The first kappa shape index (κ1) is 14.8. The van der Waals surface area contributed by atoms with Crippen molar-refractivity contribution < 1.29 is 0 Å². The topological polar surface area (TPSA) is 12.0 Å². The SMILES string of the molecule is C/C=C\Nc1ccc(C(C)(CC)CCC)cc1C. The fourth-order valence-corrected chi connectivity index (χ4v) is 2.45. The summed E-state index contributed by atoms with van der Waals surface area (Å²) in [4.78, 5) is 0. The maximum atomic E-state index is 3.31. The molecule has 18 heavy (non-hydrogen) atoms. The molecule has 1 nitrogen and oxygen atoms in total. The predicted octanol–water partition coefficient (Wildman–Crippen LogP) is 5.41. The maximum absolute atomic E-state index is 3.31. The summed E-state index contributed by atoms with van der Waals surface area (Å²) < 4.78 is 0. The fourth-order valence-electron chi connectivity index (χ4n) is 2.45. The van der Waals surface area contributed by atoms with Gasteiger partial charge >= 0.3 is 0 Å². The number of benzene rings is 1. The molecule has 0 saturated carbocycles. The Morgan fingerprint density at radius 3 is 2.50 bits per heavy atom. The second kappa shape index (κ2) is 6.63. The Morgan fingerprint density at radius 1 is 1.28 bits per heavy atom. The van der Waals surface area contributed by atoms with E-state index >= 15 is 0 Å². The van der Waals surface area contributed by atoms with Crippen LogP contribution < -0.4 is 5.32 Å². The van der Waals surface area contributed by atoms with Crippen molar-refractivity contribution in [2.24, 2.45) is 0 Å². The van der Waals surface area contributed by atoms with Crippen molar-refractivity contribution >= 4 is 5.69 Å². The lowest BCUT2D eigenvalue weighted by Gasteiger charge is -2.29. The van der Waals surface area contributed by atoms with E-state index in [1.165, 1.54) is 36.1 Å². The molecule has 100 valence electrons. The minimum absolute atomic E-state index is 0.318. The molecule has 0 heterocycles. The van der Waals surface area contributed by atoms with Gasteiger partial charge in [-0.1, -0.05) is 45.4 Å². The van der Waals surface area contributed by atoms with Gasteiger partial charge in [-0.3, -0.25) is 0 Å². The van der Waals surface area contributed by atoms with Crippen molar-refractivity contribution in [2.75, 3.05) is 5.32 Å². The van der Waals surface area contributed by atoms with Gasteiger partial charge in [0.15, 0.2) is 0 Å². The molecule has 0 aliphatic rings. The van der Waals surface area contributed by atoms with Crippen LogP contribution >= 0.6 is 0 Å². The third-order valence-electron chi connectivity index (χ3n) is 3.91. The van der Waals surface area contributed by atoms with Gasteiger partial charge in [-0.05, 0) is 55.5 Å². The van der Waals surface area contributed by atoms with Crippen molar-refractivity contribution in [3.05, 3.63) is 41.6 Å². The van der Waals surface area contributed by atoms with Crippen LogP contribution in [-0.2, 0) is 5.41 Å². The highest BCUT2D eigenvalue weighted by Gasteiger charge is 2.23. The first-order chi connectivity index (χ1) is 8.57. The van der Waals surface area contributed by atoms with Crippen molar-refractivity contribution in [2.45, 2.75) is 59.3 Å². The van der Waals surface area contributed by atoms with Crippen molar-refractivity contribution in [3.63, 3.8) is 0 Å². The van der Waals surface area contributed by atoms with Gasteiger partial charge < -0.3 is 5.32 Å². The summed E-state index contributed by atoms with van der Waals surface area (Å²) in [6.45, 7) is 11.1. The Balaban J connectivity index is 3.01. The van der Waals surface area contributed by atoms with E-state index < -0.39 is 0 Å². The second-order valence-electron chi connectivity index (χ2n) is 5.34. The molecule has 1 heteroatoms. The smallest absolute Gasteiger partial charge is 0.0409 e. The van der Waals surface area contributed by atoms with Gasteiger partial charge in [0.2, 0.25) is 0 Å². The van der Waals surface area contributed by atoms with Crippen LogP contribution in [0.5, 0.6) is 0 Å². The summed E-state index contributed by atoms with van der Waals surface area (Å²) >= 11 is 0. The molecule has 0 fully saturated rings. The number of hydrogen-bond donors (Lipinski definition) is 1. The Bertz CT molecular complexity index is 406. The Kier molecular flexibility index (Phi) is 5.46. The molecule has 0 saturated heterocycles. The average molecular weight is 245 g/mol. The number of aryl methyl sites for hydroxylation is 1. The molecule has 1 atom stereocenters. The number of rotatable bonds is 6. The maximum Gasteiger partial charge on any atom is 0.0409 e. The van der Waals surface area contributed by atoms with Crippen molar-refractivity contribution in [3.8, 4) is 0 Å². The normalized spacial score (nSPS) is 14.7. The van der Waals surface area contributed by atoms with Crippen LogP contribution in [0.2, 0.25) is 0 Å². The van der Waals surface area contributed by atoms with Crippen LogP contribution in [0.1, 0.15) is 58.1 Å². The minimum atomic E-state index is 0.318. The Labute approximate surface area is 112 Å². The van der Waals surface area contributed by atoms with E-state index in [-0.39, 0.29) is 0 Å². The number of allylic oxidation sites excluding steroid dienone is 1. The third kappa shape index (κ3) is 3.38. The predicted molar refractivity (Wildman–Crippen MR) is 82.2 cm³/mol. The molecule has 1 aromatic rings. The van der Waals surface area contributed by atoms with Gasteiger partial charge in [0, 0.05) is 5.69 Å². The van der Waals surface area contributed by atoms with Crippen LogP contribution in [-0.4, -0.2) is 0 Å². The molecule has 0 spiro atoms. The summed E-state index contributed by atoms with van der Waals surface area (Å²) in [6.07, 6.45) is 7.68. The molecular weight excluding hydrogens is 218 g/mol. The van der Waals surface area contributed by atoms with Gasteiger partial charge in [-0.15, -0.1) is 0 Å². The number of nitrogens with one attached hydrogen (secondary N) is 1.